The fourth-order valence-corrected chi connectivity index (χ4v) is 3.55. The summed E-state index contributed by atoms with van der Waals surface area (Å²) >= 11 is 1.83. The quantitative estimate of drug-likeness (QED) is 0.573. The van der Waals surface area contributed by atoms with E-state index in [1.165, 1.54) is 32.1 Å². The lowest BCUT2D eigenvalue weighted by Gasteiger charge is -2.24. The van der Waals surface area contributed by atoms with Crippen molar-refractivity contribution in [3.05, 3.63) is 64.9 Å². The van der Waals surface area contributed by atoms with Crippen LogP contribution in [-0.4, -0.2) is 0 Å². The van der Waals surface area contributed by atoms with Crippen molar-refractivity contribution in [2.24, 2.45) is 5.73 Å². The summed E-state index contributed by atoms with van der Waals surface area (Å²) in [7, 11) is 0. The summed E-state index contributed by atoms with van der Waals surface area (Å²) in [5.74, 6) is 0. The highest BCUT2D eigenvalue weighted by Gasteiger charge is 2.22. The van der Waals surface area contributed by atoms with E-state index in [2.05, 4.69) is 56.3 Å². The Morgan fingerprint density at radius 1 is 1.05 bits per heavy atom. The minimum Gasteiger partial charge on any atom is -0.402 e. The van der Waals surface area contributed by atoms with Gasteiger partial charge in [-0.25, -0.2) is 0 Å². The number of nitrogens with two attached hydrogens (primary N) is 1. The first-order chi connectivity index (χ1) is 9.20. The molecular formula is C17H18INS. The third-order valence-corrected chi connectivity index (χ3v) is 4.63. The molecule has 2 aromatic carbocycles. The molecule has 20 heavy (non-hydrogen) atoms. The van der Waals surface area contributed by atoms with Crippen molar-refractivity contribution in [1.29, 1.82) is 0 Å². The molecule has 0 bridgehead atoms. The van der Waals surface area contributed by atoms with E-state index in [1.54, 1.807) is 0 Å². The average molecular weight is 395 g/mol. The van der Waals surface area contributed by atoms with Crippen LogP contribution in [0.5, 0.6) is 0 Å². The molecule has 0 amide bonds. The van der Waals surface area contributed by atoms with Gasteiger partial charge in [-0.2, -0.15) is 0 Å². The van der Waals surface area contributed by atoms with Gasteiger partial charge in [0.1, 0.15) is 0 Å². The normalized spacial score (nSPS) is 14.9. The average Bonchev–Trinajstić information content (AvgIpc) is 2.44. The second-order valence-corrected chi connectivity index (χ2v) is 5.94. The second kappa shape index (κ2) is 6.22. The number of hydrogen-bond acceptors (Lipinski definition) is 2. The summed E-state index contributed by atoms with van der Waals surface area (Å²) in [6.45, 7) is 4.24. The van der Waals surface area contributed by atoms with Crippen LogP contribution in [0.1, 0.15) is 30.0 Å². The highest BCUT2D eigenvalue weighted by Crippen LogP contribution is 2.46. The van der Waals surface area contributed by atoms with Crippen molar-refractivity contribution < 1.29 is 0 Å². The summed E-state index contributed by atoms with van der Waals surface area (Å²) < 4.78 is 0. The first-order valence-corrected chi connectivity index (χ1v) is 7.39. The SMILES string of the molecule is CC/C(N)=C1\c2ccccc2Sc2ccc(C)cc21.I. The van der Waals surface area contributed by atoms with Crippen molar-refractivity contribution in [3.63, 3.8) is 0 Å². The smallest absolute Gasteiger partial charge is 0.0202 e. The lowest BCUT2D eigenvalue weighted by Crippen LogP contribution is -2.07. The number of rotatable bonds is 1. The number of halogens is 1. The van der Waals surface area contributed by atoms with Crippen LogP contribution in [0, 0.1) is 6.92 Å². The summed E-state index contributed by atoms with van der Waals surface area (Å²) in [6, 6.07) is 15.1. The number of allylic oxidation sites excluding steroid dienone is 1. The topological polar surface area (TPSA) is 26.0 Å². The zero-order chi connectivity index (χ0) is 13.4. The number of aryl methyl sites for hydroxylation is 1. The lowest BCUT2D eigenvalue weighted by molar-refractivity contribution is 1.06. The van der Waals surface area contributed by atoms with Crippen LogP contribution >= 0.6 is 35.7 Å². The number of fused-ring (bicyclic) bond motifs is 2. The van der Waals surface area contributed by atoms with Gasteiger partial charge in [-0.15, -0.1) is 24.0 Å². The third kappa shape index (κ3) is 2.61. The first-order valence-electron chi connectivity index (χ1n) is 6.57. The van der Waals surface area contributed by atoms with E-state index >= 15 is 0 Å². The van der Waals surface area contributed by atoms with Gasteiger partial charge in [0, 0.05) is 21.1 Å². The van der Waals surface area contributed by atoms with E-state index in [0.717, 1.165) is 12.1 Å². The Morgan fingerprint density at radius 3 is 2.50 bits per heavy atom. The molecule has 1 nitrogen and oxygen atoms in total. The predicted molar refractivity (Wildman–Crippen MR) is 97.7 cm³/mol. The van der Waals surface area contributed by atoms with Crippen molar-refractivity contribution in [3.8, 4) is 0 Å². The third-order valence-electron chi connectivity index (χ3n) is 3.48. The van der Waals surface area contributed by atoms with Gasteiger partial charge in [-0.05, 0) is 36.6 Å². The Balaban J connectivity index is 0.00000147. The van der Waals surface area contributed by atoms with Crippen LogP contribution in [0.25, 0.3) is 5.57 Å². The van der Waals surface area contributed by atoms with Gasteiger partial charge < -0.3 is 5.73 Å². The molecule has 1 aliphatic heterocycles. The molecule has 2 N–H and O–H groups in total. The van der Waals surface area contributed by atoms with Crippen molar-refractivity contribution >= 4 is 41.3 Å². The van der Waals surface area contributed by atoms with Gasteiger partial charge in [0.15, 0.2) is 0 Å². The lowest BCUT2D eigenvalue weighted by atomic mass is 9.93. The summed E-state index contributed by atoms with van der Waals surface area (Å²) in [4.78, 5) is 2.60. The van der Waals surface area contributed by atoms with E-state index in [1.807, 2.05) is 11.8 Å². The number of benzene rings is 2. The Bertz CT molecular complexity index is 676. The molecule has 0 fully saturated rings. The Kier molecular flexibility index (Phi) is 4.81. The van der Waals surface area contributed by atoms with Gasteiger partial charge in [-0.3, -0.25) is 0 Å². The van der Waals surface area contributed by atoms with Crippen molar-refractivity contribution in [1.82, 2.24) is 0 Å². The zero-order valence-corrected chi connectivity index (χ0v) is 14.8. The van der Waals surface area contributed by atoms with E-state index in [9.17, 15) is 0 Å². The zero-order valence-electron chi connectivity index (χ0n) is 11.6. The molecule has 0 aromatic heterocycles. The molecule has 1 aliphatic rings. The molecule has 0 aliphatic carbocycles. The van der Waals surface area contributed by atoms with Gasteiger partial charge in [0.2, 0.25) is 0 Å². The Morgan fingerprint density at radius 2 is 1.75 bits per heavy atom. The van der Waals surface area contributed by atoms with Crippen LogP contribution in [0.15, 0.2) is 58.0 Å². The fourth-order valence-electron chi connectivity index (χ4n) is 2.48. The standard InChI is InChI=1S/C17H17NS.HI/c1-3-14(18)17-12-6-4-5-7-15(12)19-16-9-8-11(2)10-13(16)17;/h4-10H,3,18H2,1-2H3;1H/b17-14-;. The number of hydrogen-bond donors (Lipinski definition) is 1. The van der Waals surface area contributed by atoms with Crippen molar-refractivity contribution in [2.45, 2.75) is 30.1 Å². The largest absolute Gasteiger partial charge is 0.402 e. The summed E-state index contributed by atoms with van der Waals surface area (Å²) in [6.07, 6.45) is 0.877. The van der Waals surface area contributed by atoms with Gasteiger partial charge >= 0.3 is 0 Å². The molecule has 104 valence electrons. The summed E-state index contributed by atoms with van der Waals surface area (Å²) in [5, 5.41) is 0. The molecule has 1 heterocycles. The highest BCUT2D eigenvalue weighted by atomic mass is 127. The molecule has 0 radical (unpaired) electrons. The van der Waals surface area contributed by atoms with Gasteiger partial charge in [-0.1, -0.05) is 54.6 Å². The van der Waals surface area contributed by atoms with Crippen LogP contribution in [0.2, 0.25) is 0 Å². The van der Waals surface area contributed by atoms with Crippen LogP contribution < -0.4 is 5.73 Å². The van der Waals surface area contributed by atoms with Crippen LogP contribution in [0.4, 0.5) is 0 Å². The van der Waals surface area contributed by atoms with Crippen LogP contribution in [-0.2, 0) is 0 Å². The molecule has 0 unspecified atom stereocenters. The van der Waals surface area contributed by atoms with Gasteiger partial charge in [0.05, 0.1) is 0 Å². The van der Waals surface area contributed by atoms with Gasteiger partial charge in [0.25, 0.3) is 0 Å². The van der Waals surface area contributed by atoms with Crippen LogP contribution in [0.3, 0.4) is 0 Å². The molecule has 3 heteroatoms. The molecule has 0 saturated carbocycles. The maximum atomic E-state index is 6.30. The highest BCUT2D eigenvalue weighted by molar-refractivity contribution is 14.0. The Hall–Kier alpha value is -0.940. The van der Waals surface area contributed by atoms with E-state index in [-0.39, 0.29) is 24.0 Å². The minimum atomic E-state index is 0. The molecule has 2 aromatic rings. The fraction of sp³-hybridized carbons (Fsp3) is 0.176. The maximum Gasteiger partial charge on any atom is 0.0202 e. The first kappa shape index (κ1) is 15.4. The van der Waals surface area contributed by atoms with E-state index in [0.29, 0.717) is 0 Å². The molecule has 0 atom stereocenters. The summed E-state index contributed by atoms with van der Waals surface area (Å²) in [5.41, 5.74) is 12.3. The minimum absolute atomic E-state index is 0. The second-order valence-electron chi connectivity index (χ2n) is 4.85. The van der Waals surface area contributed by atoms with Crippen molar-refractivity contribution in [2.75, 3.05) is 0 Å². The van der Waals surface area contributed by atoms with E-state index < -0.39 is 0 Å². The predicted octanol–water partition coefficient (Wildman–Crippen LogP) is 5.21. The van der Waals surface area contributed by atoms with E-state index in [4.69, 9.17) is 5.73 Å². The Labute approximate surface area is 141 Å². The molecule has 0 saturated heterocycles. The molecule has 0 spiro atoms. The molecule has 3 rings (SSSR count). The maximum absolute atomic E-state index is 6.30. The monoisotopic (exact) mass is 395 g/mol. The molecular weight excluding hydrogens is 377 g/mol.